The van der Waals surface area contributed by atoms with Crippen LogP contribution in [0.1, 0.15) is 15.9 Å². The van der Waals surface area contributed by atoms with Crippen molar-refractivity contribution in [3.05, 3.63) is 65.7 Å². The molecule has 0 aromatic heterocycles. The molecule has 0 aliphatic rings. The Labute approximate surface area is 127 Å². The van der Waals surface area contributed by atoms with E-state index in [1.165, 1.54) is 0 Å². The summed E-state index contributed by atoms with van der Waals surface area (Å²) in [5.74, 6) is 0.276. The number of ether oxygens (including phenoxy) is 1. The van der Waals surface area contributed by atoms with Gasteiger partial charge in [0.1, 0.15) is 5.75 Å². The first-order valence-electron chi connectivity index (χ1n) is 5.95. The van der Waals surface area contributed by atoms with Gasteiger partial charge in [0, 0.05) is 5.56 Å². The number of aliphatic hydroxyl groups excluding tert-OH is 1. The summed E-state index contributed by atoms with van der Waals surface area (Å²) in [6, 6.07) is 15.8. The van der Waals surface area contributed by atoms with Gasteiger partial charge in [0.2, 0.25) is 0 Å². The Balaban J connectivity index is 0.000000422. The second kappa shape index (κ2) is 8.25. The van der Waals surface area contributed by atoms with Crippen molar-refractivity contribution >= 4 is 16.2 Å². The lowest BCUT2D eigenvalue weighted by atomic mass is 10.0. The number of hydrogen-bond acceptors (Lipinski definition) is 5. The third-order valence-corrected chi connectivity index (χ3v) is 2.39. The highest BCUT2D eigenvalue weighted by molar-refractivity contribution is 7.79. The zero-order valence-corrected chi connectivity index (χ0v) is 12.1. The molecule has 8 heteroatoms. The Bertz CT molecular complexity index is 703. The van der Waals surface area contributed by atoms with Gasteiger partial charge in [-0.15, -0.1) is 0 Å². The minimum atomic E-state index is -4.67. The van der Waals surface area contributed by atoms with Crippen molar-refractivity contribution in [3.63, 3.8) is 0 Å². The maximum Gasteiger partial charge on any atom is 0.394 e. The fourth-order valence-corrected chi connectivity index (χ4v) is 1.59. The van der Waals surface area contributed by atoms with Crippen LogP contribution in [0, 0.1) is 0 Å². The number of para-hydroxylation sites is 1. The van der Waals surface area contributed by atoms with Gasteiger partial charge in [0.05, 0.1) is 5.56 Å². The lowest BCUT2D eigenvalue weighted by molar-refractivity contribution is 0.0936. The first-order valence-corrected chi connectivity index (χ1v) is 7.35. The zero-order valence-electron chi connectivity index (χ0n) is 11.3. The summed E-state index contributed by atoms with van der Waals surface area (Å²) in [6.07, 6.45) is 0. The molecule has 0 aliphatic heterocycles. The van der Waals surface area contributed by atoms with Crippen molar-refractivity contribution in [2.75, 3.05) is 6.79 Å². The van der Waals surface area contributed by atoms with Gasteiger partial charge in [-0.2, -0.15) is 8.42 Å². The van der Waals surface area contributed by atoms with Gasteiger partial charge in [0.15, 0.2) is 12.6 Å². The van der Waals surface area contributed by atoms with E-state index in [9.17, 15) is 4.79 Å². The normalized spacial score (nSPS) is 10.3. The molecule has 0 bridgehead atoms. The summed E-state index contributed by atoms with van der Waals surface area (Å²) in [7, 11) is -4.67. The molecule has 0 saturated carbocycles. The smallest absolute Gasteiger partial charge is 0.394 e. The molecule has 22 heavy (non-hydrogen) atoms. The van der Waals surface area contributed by atoms with Gasteiger partial charge in [-0.3, -0.25) is 13.9 Å². The van der Waals surface area contributed by atoms with E-state index >= 15 is 0 Å². The molecule has 0 spiro atoms. The average molecular weight is 326 g/mol. The summed E-state index contributed by atoms with van der Waals surface area (Å²) < 4.78 is 36.6. The van der Waals surface area contributed by atoms with Crippen molar-refractivity contribution < 1.29 is 32.2 Å². The predicted octanol–water partition coefficient (Wildman–Crippen LogP) is 1.59. The molecule has 2 rings (SSSR count). The van der Waals surface area contributed by atoms with E-state index < -0.39 is 17.2 Å². The highest BCUT2D eigenvalue weighted by Gasteiger charge is 2.13. The predicted molar refractivity (Wildman–Crippen MR) is 78.2 cm³/mol. The molecule has 0 amide bonds. The maximum absolute atomic E-state index is 12.2. The molecule has 7 nitrogen and oxygen atoms in total. The fourth-order valence-electron chi connectivity index (χ4n) is 1.59. The first kappa shape index (κ1) is 17.8. The van der Waals surface area contributed by atoms with Crippen LogP contribution in [0.2, 0.25) is 0 Å². The minimum Gasteiger partial charge on any atom is -0.467 e. The Morgan fingerprint density at radius 3 is 2.00 bits per heavy atom. The maximum atomic E-state index is 12.2. The number of ketones is 1. The van der Waals surface area contributed by atoms with Crippen LogP contribution in [0.25, 0.3) is 0 Å². The molecule has 0 atom stereocenters. The second-order valence-electron chi connectivity index (χ2n) is 3.91. The van der Waals surface area contributed by atoms with Gasteiger partial charge in [-0.05, 0) is 12.1 Å². The van der Waals surface area contributed by atoms with Crippen molar-refractivity contribution in [1.82, 2.24) is 0 Å². The quantitative estimate of drug-likeness (QED) is 0.443. The van der Waals surface area contributed by atoms with E-state index in [-0.39, 0.29) is 5.78 Å². The van der Waals surface area contributed by atoms with Crippen LogP contribution >= 0.6 is 0 Å². The van der Waals surface area contributed by atoms with Crippen LogP contribution in [-0.2, 0) is 10.4 Å². The van der Waals surface area contributed by atoms with Crippen LogP contribution < -0.4 is 4.74 Å². The number of carbonyl (C=O) groups is 1. The standard InChI is InChI=1S/C14H12O3.H2O4S/c15-10-17-13-9-5-4-8-12(13)14(16)11-6-2-1-3-7-11;1-5(2,3)4/h1-9,15H,10H2;(H2,1,2,3,4). The van der Waals surface area contributed by atoms with Gasteiger partial charge in [0.25, 0.3) is 0 Å². The molecule has 0 fully saturated rings. The number of rotatable bonds is 4. The van der Waals surface area contributed by atoms with Crippen molar-refractivity contribution in [3.8, 4) is 5.75 Å². The van der Waals surface area contributed by atoms with Crippen molar-refractivity contribution in [2.24, 2.45) is 0 Å². The number of hydrogen-bond donors (Lipinski definition) is 3. The summed E-state index contributed by atoms with van der Waals surface area (Å²) in [6.45, 7) is -0.445. The van der Waals surface area contributed by atoms with Crippen molar-refractivity contribution in [1.29, 1.82) is 0 Å². The molecular formula is C14H14O7S. The minimum absolute atomic E-state index is 0.116. The molecule has 0 aliphatic carbocycles. The monoisotopic (exact) mass is 326 g/mol. The lowest BCUT2D eigenvalue weighted by Gasteiger charge is -2.08. The molecule has 0 unspecified atom stereocenters. The fraction of sp³-hybridized carbons (Fsp3) is 0.0714. The molecule has 3 N–H and O–H groups in total. The van der Waals surface area contributed by atoms with Gasteiger partial charge in [-0.1, -0.05) is 42.5 Å². The third-order valence-electron chi connectivity index (χ3n) is 2.39. The number of aliphatic hydroxyl groups is 1. The number of carbonyl (C=O) groups excluding carboxylic acids is 1. The topological polar surface area (TPSA) is 121 Å². The van der Waals surface area contributed by atoms with E-state index in [4.69, 9.17) is 27.4 Å². The Morgan fingerprint density at radius 1 is 0.955 bits per heavy atom. The van der Waals surface area contributed by atoms with Crippen LogP contribution in [0.4, 0.5) is 0 Å². The van der Waals surface area contributed by atoms with E-state index in [1.807, 2.05) is 18.2 Å². The van der Waals surface area contributed by atoms with Crippen LogP contribution in [-0.4, -0.2) is 35.2 Å². The summed E-state index contributed by atoms with van der Waals surface area (Å²) in [4.78, 5) is 12.2. The van der Waals surface area contributed by atoms with E-state index in [0.717, 1.165) is 0 Å². The molecule has 0 saturated heterocycles. The molecule has 0 heterocycles. The lowest BCUT2D eigenvalue weighted by Crippen LogP contribution is -2.05. The van der Waals surface area contributed by atoms with Crippen molar-refractivity contribution in [2.45, 2.75) is 0 Å². The molecule has 118 valence electrons. The van der Waals surface area contributed by atoms with Gasteiger partial charge in [-0.25, -0.2) is 0 Å². The molecule has 2 aromatic carbocycles. The van der Waals surface area contributed by atoms with Crippen LogP contribution in [0.15, 0.2) is 54.6 Å². The third kappa shape index (κ3) is 6.46. The van der Waals surface area contributed by atoms with Crippen LogP contribution in [0.3, 0.4) is 0 Å². The highest BCUT2D eigenvalue weighted by atomic mass is 32.3. The van der Waals surface area contributed by atoms with E-state index in [1.54, 1.807) is 36.4 Å². The van der Waals surface area contributed by atoms with Gasteiger partial charge < -0.3 is 9.84 Å². The summed E-state index contributed by atoms with van der Waals surface area (Å²) >= 11 is 0. The summed E-state index contributed by atoms with van der Waals surface area (Å²) in [5, 5.41) is 8.76. The first-order chi connectivity index (χ1) is 10.3. The zero-order chi connectivity index (χ0) is 16.6. The molecule has 2 aromatic rings. The average Bonchev–Trinajstić information content (AvgIpc) is 2.47. The second-order valence-corrected chi connectivity index (χ2v) is 4.81. The van der Waals surface area contributed by atoms with Gasteiger partial charge >= 0.3 is 10.4 Å². The largest absolute Gasteiger partial charge is 0.467 e. The number of benzene rings is 2. The van der Waals surface area contributed by atoms with E-state index in [0.29, 0.717) is 16.9 Å². The highest BCUT2D eigenvalue weighted by Crippen LogP contribution is 2.21. The molecule has 0 radical (unpaired) electrons. The molecular weight excluding hydrogens is 312 g/mol. The summed E-state index contributed by atoms with van der Waals surface area (Å²) in [5.41, 5.74) is 1.05. The Kier molecular flexibility index (Phi) is 6.67. The van der Waals surface area contributed by atoms with E-state index in [2.05, 4.69) is 0 Å². The SMILES string of the molecule is O=C(c1ccccc1)c1ccccc1OCO.O=S(=O)(O)O. The Morgan fingerprint density at radius 2 is 1.45 bits per heavy atom. The Hall–Kier alpha value is -2.26. The van der Waals surface area contributed by atoms with Crippen LogP contribution in [0.5, 0.6) is 5.75 Å².